The van der Waals surface area contributed by atoms with Crippen molar-refractivity contribution in [1.29, 1.82) is 0 Å². The van der Waals surface area contributed by atoms with Crippen molar-refractivity contribution >= 4 is 23.2 Å². The van der Waals surface area contributed by atoms with Crippen LogP contribution in [0.2, 0.25) is 0 Å². The van der Waals surface area contributed by atoms with E-state index in [0.717, 1.165) is 13.0 Å². The summed E-state index contributed by atoms with van der Waals surface area (Å²) >= 11 is 11.5. The van der Waals surface area contributed by atoms with Crippen molar-refractivity contribution in [2.45, 2.75) is 6.42 Å². The second-order valence-electron chi connectivity index (χ2n) is 2.06. The minimum Gasteiger partial charge on any atom is -0.356 e. The molecule has 1 aliphatic rings. The van der Waals surface area contributed by atoms with Crippen LogP contribution in [0.25, 0.3) is 0 Å². The van der Waals surface area contributed by atoms with Gasteiger partial charge in [0, 0.05) is 6.54 Å². The molecule has 1 radical (unpaired) electrons. The quantitative estimate of drug-likeness (QED) is 0.650. The molecule has 1 heterocycles. The fourth-order valence-corrected chi connectivity index (χ4v) is 1.20. The van der Waals surface area contributed by atoms with Gasteiger partial charge in [-0.15, -0.1) is 0 Å². The molecule has 0 aromatic carbocycles. The van der Waals surface area contributed by atoms with Crippen molar-refractivity contribution in [2.75, 3.05) is 13.2 Å². The van der Waals surface area contributed by atoms with E-state index in [1.165, 1.54) is 0 Å². The Kier molecular flexibility index (Phi) is 2.69. The van der Waals surface area contributed by atoms with Crippen LogP contribution in [0, 0.1) is 6.92 Å². The van der Waals surface area contributed by atoms with E-state index in [1.807, 2.05) is 4.90 Å². The van der Waals surface area contributed by atoms with Crippen LogP contribution in [-0.4, -0.2) is 18.1 Å². The molecule has 0 saturated carbocycles. The van der Waals surface area contributed by atoms with E-state index in [0.29, 0.717) is 17.0 Å². The maximum Gasteiger partial charge on any atom is 0.141 e. The second-order valence-corrected chi connectivity index (χ2v) is 2.79. The highest BCUT2D eigenvalue weighted by Gasteiger charge is 2.16. The molecule has 0 saturated heterocycles. The topological polar surface area (TPSA) is 15.3 Å². The summed E-state index contributed by atoms with van der Waals surface area (Å²) in [5.74, 6) is 0. The lowest BCUT2D eigenvalue weighted by Gasteiger charge is -2.14. The predicted molar refractivity (Wildman–Crippen MR) is 43.4 cm³/mol. The number of rotatable bonds is 2. The molecule has 10 heavy (non-hydrogen) atoms. The fraction of sp³-hybridized carbons (Fsp3) is 0.500. The molecule has 1 aliphatic heterocycles. The fourth-order valence-electron chi connectivity index (χ4n) is 0.814. The van der Waals surface area contributed by atoms with Crippen LogP contribution in [0.4, 0.5) is 0 Å². The van der Waals surface area contributed by atoms with E-state index in [-0.39, 0.29) is 0 Å². The molecular formula is C6H9Cl2N2. The van der Waals surface area contributed by atoms with Gasteiger partial charge in [-0.2, -0.15) is 0 Å². The van der Waals surface area contributed by atoms with Gasteiger partial charge in [0.15, 0.2) is 0 Å². The molecular weight excluding hydrogens is 171 g/mol. The number of nitrogens with one attached hydrogen (secondary N) is 1. The maximum atomic E-state index is 5.79. The molecule has 0 aromatic rings. The molecule has 0 bridgehead atoms. The van der Waals surface area contributed by atoms with Gasteiger partial charge < -0.3 is 10.2 Å². The van der Waals surface area contributed by atoms with Crippen LogP contribution < -0.4 is 5.32 Å². The number of hydrogen-bond acceptors (Lipinski definition) is 2. The Labute approximate surface area is 70.8 Å². The van der Waals surface area contributed by atoms with Gasteiger partial charge in [0.25, 0.3) is 0 Å². The summed E-state index contributed by atoms with van der Waals surface area (Å²) in [7, 11) is 0. The van der Waals surface area contributed by atoms with E-state index >= 15 is 0 Å². The standard InChI is InChI=1S/C6H9Cl2N2/c1-2-3-10-4-9-5(7)6(10)8/h9H,1-4H2. The van der Waals surface area contributed by atoms with E-state index in [1.54, 1.807) is 0 Å². The number of hydrogen-bond donors (Lipinski definition) is 1. The Balaban J connectivity index is 2.50. The zero-order valence-corrected chi connectivity index (χ0v) is 7.04. The average molecular weight is 180 g/mol. The zero-order valence-electron chi connectivity index (χ0n) is 5.53. The van der Waals surface area contributed by atoms with Crippen LogP contribution >= 0.6 is 23.2 Å². The van der Waals surface area contributed by atoms with Gasteiger partial charge in [-0.25, -0.2) is 0 Å². The summed E-state index contributed by atoms with van der Waals surface area (Å²) in [5.41, 5.74) is 0. The minimum atomic E-state index is 0.537. The Morgan fingerprint density at radius 2 is 2.30 bits per heavy atom. The largest absolute Gasteiger partial charge is 0.356 e. The summed E-state index contributed by atoms with van der Waals surface area (Å²) in [4.78, 5) is 1.94. The molecule has 0 atom stereocenters. The third kappa shape index (κ3) is 1.50. The Bertz CT molecular complexity index is 156. The monoisotopic (exact) mass is 179 g/mol. The molecule has 0 aromatic heterocycles. The first-order chi connectivity index (χ1) is 4.75. The molecule has 0 amide bonds. The third-order valence-corrected chi connectivity index (χ3v) is 2.15. The van der Waals surface area contributed by atoms with Gasteiger partial charge in [0.2, 0.25) is 0 Å². The first kappa shape index (κ1) is 8.02. The molecule has 0 unspecified atom stereocenters. The lowest BCUT2D eigenvalue weighted by Crippen LogP contribution is -2.23. The minimum absolute atomic E-state index is 0.537. The van der Waals surface area contributed by atoms with Crippen LogP contribution in [-0.2, 0) is 0 Å². The second kappa shape index (κ2) is 3.35. The molecule has 0 aliphatic carbocycles. The lowest BCUT2D eigenvalue weighted by atomic mass is 10.4. The normalized spacial score (nSPS) is 18.1. The van der Waals surface area contributed by atoms with Crippen LogP contribution in [0.3, 0.4) is 0 Å². The Morgan fingerprint density at radius 3 is 2.70 bits per heavy atom. The van der Waals surface area contributed by atoms with Gasteiger partial charge in [0.1, 0.15) is 10.3 Å². The highest BCUT2D eigenvalue weighted by molar-refractivity contribution is 6.38. The van der Waals surface area contributed by atoms with Crippen molar-refractivity contribution < 1.29 is 0 Å². The highest BCUT2D eigenvalue weighted by Crippen LogP contribution is 2.20. The van der Waals surface area contributed by atoms with Crippen molar-refractivity contribution in [3.05, 3.63) is 17.2 Å². The lowest BCUT2D eigenvalue weighted by molar-refractivity contribution is 0.388. The summed E-state index contributed by atoms with van der Waals surface area (Å²) in [6, 6.07) is 0. The van der Waals surface area contributed by atoms with Gasteiger partial charge in [-0.3, -0.25) is 0 Å². The molecule has 2 nitrogen and oxygen atoms in total. The van der Waals surface area contributed by atoms with Gasteiger partial charge in [-0.05, 0) is 6.42 Å². The van der Waals surface area contributed by atoms with E-state index < -0.39 is 0 Å². The van der Waals surface area contributed by atoms with Crippen LogP contribution in [0.15, 0.2) is 10.3 Å². The van der Waals surface area contributed by atoms with Crippen molar-refractivity contribution in [3.8, 4) is 0 Å². The summed E-state index contributed by atoms with van der Waals surface area (Å²) < 4.78 is 0. The Morgan fingerprint density at radius 1 is 1.60 bits per heavy atom. The SMILES string of the molecule is [CH2]CCN1CNC(Cl)=C1Cl. The average Bonchev–Trinajstić information content (AvgIpc) is 2.20. The van der Waals surface area contributed by atoms with Crippen LogP contribution in [0.1, 0.15) is 6.42 Å². The van der Waals surface area contributed by atoms with E-state index in [9.17, 15) is 0 Å². The van der Waals surface area contributed by atoms with E-state index in [2.05, 4.69) is 12.2 Å². The predicted octanol–water partition coefficient (Wildman–Crippen LogP) is 1.68. The molecule has 0 fully saturated rings. The molecule has 57 valence electrons. The summed E-state index contributed by atoms with van der Waals surface area (Å²) in [5, 5.41) is 4.05. The maximum absolute atomic E-state index is 5.79. The first-order valence-corrected chi connectivity index (χ1v) is 3.84. The number of halogens is 2. The molecule has 4 heteroatoms. The third-order valence-electron chi connectivity index (χ3n) is 1.31. The summed E-state index contributed by atoms with van der Waals surface area (Å²) in [6.45, 7) is 5.27. The molecule has 1 N–H and O–H groups in total. The van der Waals surface area contributed by atoms with Gasteiger partial charge in [0.05, 0.1) is 6.67 Å². The van der Waals surface area contributed by atoms with Gasteiger partial charge in [-0.1, -0.05) is 30.1 Å². The van der Waals surface area contributed by atoms with Crippen molar-refractivity contribution in [2.24, 2.45) is 0 Å². The molecule has 0 spiro atoms. The van der Waals surface area contributed by atoms with Crippen LogP contribution in [0.5, 0.6) is 0 Å². The Hall–Kier alpha value is -0.0800. The zero-order chi connectivity index (χ0) is 7.56. The van der Waals surface area contributed by atoms with Crippen molar-refractivity contribution in [1.82, 2.24) is 10.2 Å². The number of nitrogens with zero attached hydrogens (tertiary/aromatic N) is 1. The summed E-state index contributed by atoms with van der Waals surface area (Å²) in [6.07, 6.45) is 0.835. The highest BCUT2D eigenvalue weighted by atomic mass is 35.5. The van der Waals surface area contributed by atoms with Crippen molar-refractivity contribution in [3.63, 3.8) is 0 Å². The first-order valence-electron chi connectivity index (χ1n) is 3.09. The van der Waals surface area contributed by atoms with Gasteiger partial charge >= 0.3 is 0 Å². The van der Waals surface area contributed by atoms with E-state index in [4.69, 9.17) is 23.2 Å². The smallest absolute Gasteiger partial charge is 0.141 e. The molecule has 1 rings (SSSR count).